The monoisotopic (exact) mass is 378 g/mol. The molecule has 2 aromatic carbocycles. The minimum absolute atomic E-state index is 0.162. The Bertz CT molecular complexity index is 1010. The fourth-order valence-electron chi connectivity index (χ4n) is 2.44. The van der Waals surface area contributed by atoms with Crippen LogP contribution in [0.3, 0.4) is 0 Å². The van der Waals surface area contributed by atoms with Crippen molar-refractivity contribution in [2.75, 3.05) is 23.1 Å². The van der Waals surface area contributed by atoms with Gasteiger partial charge in [-0.15, -0.1) is 5.10 Å². The number of carbonyl (C=O) groups is 2. The van der Waals surface area contributed by atoms with Crippen LogP contribution in [0, 0.1) is 0 Å². The molecule has 0 saturated carbocycles. The standard InChI is InChI=1S/C19H18N6O3/c1-12(26)21-13-6-5-7-14(10-13)22-19-24-17(11-20-25-19)23-16-9-4-3-8-15(16)18(27)28-2/h3-11H,1-2H3,(H,21,26)(H2,22,23,24,25). The van der Waals surface area contributed by atoms with Gasteiger partial charge in [0, 0.05) is 18.3 Å². The molecule has 0 aliphatic rings. The van der Waals surface area contributed by atoms with Gasteiger partial charge >= 0.3 is 5.97 Å². The van der Waals surface area contributed by atoms with Crippen molar-refractivity contribution in [3.05, 3.63) is 60.3 Å². The van der Waals surface area contributed by atoms with Gasteiger partial charge < -0.3 is 20.7 Å². The lowest BCUT2D eigenvalue weighted by atomic mass is 10.2. The van der Waals surface area contributed by atoms with E-state index in [0.717, 1.165) is 0 Å². The molecule has 1 aromatic heterocycles. The first kappa shape index (κ1) is 18.8. The molecule has 3 N–H and O–H groups in total. The molecule has 142 valence electrons. The van der Waals surface area contributed by atoms with Crippen molar-refractivity contribution in [1.82, 2.24) is 15.2 Å². The number of nitrogens with zero attached hydrogens (tertiary/aromatic N) is 3. The number of nitrogens with one attached hydrogen (secondary N) is 3. The van der Waals surface area contributed by atoms with Gasteiger partial charge in [-0.25, -0.2) is 4.79 Å². The van der Waals surface area contributed by atoms with Crippen LogP contribution in [-0.4, -0.2) is 34.2 Å². The highest BCUT2D eigenvalue weighted by atomic mass is 16.5. The zero-order valence-corrected chi connectivity index (χ0v) is 15.3. The first-order valence-corrected chi connectivity index (χ1v) is 8.34. The molecular weight excluding hydrogens is 360 g/mol. The fraction of sp³-hybridized carbons (Fsp3) is 0.105. The summed E-state index contributed by atoms with van der Waals surface area (Å²) < 4.78 is 4.79. The van der Waals surface area contributed by atoms with E-state index in [0.29, 0.717) is 28.4 Å². The van der Waals surface area contributed by atoms with Crippen LogP contribution in [0.2, 0.25) is 0 Å². The summed E-state index contributed by atoms with van der Waals surface area (Å²) in [5.41, 5.74) is 2.24. The van der Waals surface area contributed by atoms with Gasteiger partial charge in [0.15, 0.2) is 5.82 Å². The van der Waals surface area contributed by atoms with Crippen molar-refractivity contribution in [1.29, 1.82) is 0 Å². The van der Waals surface area contributed by atoms with Gasteiger partial charge in [0.1, 0.15) is 0 Å². The summed E-state index contributed by atoms with van der Waals surface area (Å²) in [6.45, 7) is 1.44. The predicted octanol–water partition coefficient (Wildman–Crippen LogP) is 3.10. The zero-order valence-electron chi connectivity index (χ0n) is 15.3. The zero-order chi connectivity index (χ0) is 19.9. The number of para-hydroxylation sites is 1. The number of anilines is 5. The Morgan fingerprint density at radius 1 is 1.00 bits per heavy atom. The maximum atomic E-state index is 11.9. The van der Waals surface area contributed by atoms with Crippen LogP contribution in [0.25, 0.3) is 0 Å². The van der Waals surface area contributed by atoms with Gasteiger partial charge in [0.2, 0.25) is 11.9 Å². The molecule has 0 aliphatic carbocycles. The number of rotatable bonds is 6. The molecule has 9 heteroatoms. The number of carbonyl (C=O) groups excluding carboxylic acids is 2. The second kappa shape index (κ2) is 8.58. The van der Waals surface area contributed by atoms with E-state index >= 15 is 0 Å². The van der Waals surface area contributed by atoms with Crippen molar-refractivity contribution >= 4 is 40.7 Å². The molecule has 9 nitrogen and oxygen atoms in total. The van der Waals surface area contributed by atoms with Crippen LogP contribution in [-0.2, 0) is 9.53 Å². The summed E-state index contributed by atoms with van der Waals surface area (Å²) in [5, 5.41) is 16.6. The second-order valence-electron chi connectivity index (χ2n) is 5.71. The quantitative estimate of drug-likeness (QED) is 0.560. The molecule has 0 atom stereocenters. The van der Waals surface area contributed by atoms with E-state index in [1.165, 1.54) is 20.2 Å². The van der Waals surface area contributed by atoms with E-state index < -0.39 is 5.97 Å². The average molecular weight is 378 g/mol. The van der Waals surface area contributed by atoms with Crippen LogP contribution >= 0.6 is 0 Å². The summed E-state index contributed by atoms with van der Waals surface area (Å²) in [7, 11) is 1.32. The molecule has 1 amide bonds. The van der Waals surface area contributed by atoms with Gasteiger partial charge in [0.05, 0.1) is 24.6 Å². The lowest BCUT2D eigenvalue weighted by Gasteiger charge is -2.11. The third-order valence-corrected chi connectivity index (χ3v) is 3.59. The minimum Gasteiger partial charge on any atom is -0.465 e. The third-order valence-electron chi connectivity index (χ3n) is 3.59. The predicted molar refractivity (Wildman–Crippen MR) is 105 cm³/mol. The van der Waals surface area contributed by atoms with Crippen molar-refractivity contribution < 1.29 is 14.3 Å². The largest absolute Gasteiger partial charge is 0.465 e. The molecule has 0 bridgehead atoms. The van der Waals surface area contributed by atoms with Gasteiger partial charge in [-0.2, -0.15) is 10.1 Å². The number of esters is 1. The third kappa shape index (κ3) is 4.79. The van der Waals surface area contributed by atoms with Crippen LogP contribution in [0.1, 0.15) is 17.3 Å². The van der Waals surface area contributed by atoms with E-state index in [4.69, 9.17) is 4.74 Å². The van der Waals surface area contributed by atoms with E-state index in [-0.39, 0.29) is 11.9 Å². The van der Waals surface area contributed by atoms with Crippen LogP contribution < -0.4 is 16.0 Å². The van der Waals surface area contributed by atoms with Crippen molar-refractivity contribution in [2.45, 2.75) is 6.92 Å². The molecule has 0 unspecified atom stereocenters. The molecule has 0 fully saturated rings. The average Bonchev–Trinajstić information content (AvgIpc) is 2.68. The Kier molecular flexibility index (Phi) is 5.75. The Hall–Kier alpha value is -4.01. The SMILES string of the molecule is COC(=O)c1ccccc1Nc1cnnc(Nc2cccc(NC(C)=O)c2)n1. The number of hydrogen-bond donors (Lipinski definition) is 3. The van der Waals surface area contributed by atoms with Crippen LogP contribution in [0.5, 0.6) is 0 Å². The molecule has 3 rings (SSSR count). The first-order valence-electron chi connectivity index (χ1n) is 8.34. The van der Waals surface area contributed by atoms with Crippen LogP contribution in [0.15, 0.2) is 54.7 Å². The Balaban J connectivity index is 1.79. The fourth-order valence-corrected chi connectivity index (χ4v) is 2.44. The highest BCUT2D eigenvalue weighted by Crippen LogP contribution is 2.22. The summed E-state index contributed by atoms with van der Waals surface area (Å²) >= 11 is 0. The molecule has 0 radical (unpaired) electrons. The number of amides is 1. The number of benzene rings is 2. The normalized spacial score (nSPS) is 10.1. The number of methoxy groups -OCH3 is 1. The van der Waals surface area contributed by atoms with E-state index in [1.807, 2.05) is 0 Å². The maximum absolute atomic E-state index is 11.9. The molecule has 3 aromatic rings. The minimum atomic E-state index is -0.460. The van der Waals surface area contributed by atoms with E-state index in [9.17, 15) is 9.59 Å². The molecule has 0 aliphatic heterocycles. The Morgan fingerprint density at radius 3 is 2.57 bits per heavy atom. The smallest absolute Gasteiger partial charge is 0.339 e. The Labute approximate surface area is 161 Å². The summed E-state index contributed by atoms with van der Waals surface area (Å²) in [6.07, 6.45) is 1.44. The summed E-state index contributed by atoms with van der Waals surface area (Å²) in [5.74, 6) is 0.0242. The number of hydrogen-bond acceptors (Lipinski definition) is 8. The lowest BCUT2D eigenvalue weighted by Crippen LogP contribution is -2.08. The summed E-state index contributed by atoms with van der Waals surface area (Å²) in [6, 6.07) is 14.0. The number of aromatic nitrogens is 3. The van der Waals surface area contributed by atoms with Crippen molar-refractivity contribution in [3.8, 4) is 0 Å². The maximum Gasteiger partial charge on any atom is 0.339 e. The van der Waals surface area contributed by atoms with Gasteiger partial charge in [-0.3, -0.25) is 4.79 Å². The van der Waals surface area contributed by atoms with E-state index in [2.05, 4.69) is 31.1 Å². The van der Waals surface area contributed by atoms with Gasteiger partial charge in [-0.05, 0) is 30.3 Å². The Morgan fingerprint density at radius 2 is 1.79 bits per heavy atom. The molecule has 0 spiro atoms. The second-order valence-corrected chi connectivity index (χ2v) is 5.71. The lowest BCUT2D eigenvalue weighted by molar-refractivity contribution is -0.114. The van der Waals surface area contributed by atoms with Gasteiger partial charge in [0.25, 0.3) is 0 Å². The van der Waals surface area contributed by atoms with Gasteiger partial charge in [-0.1, -0.05) is 18.2 Å². The van der Waals surface area contributed by atoms with E-state index in [1.54, 1.807) is 48.5 Å². The van der Waals surface area contributed by atoms with Crippen LogP contribution in [0.4, 0.5) is 28.8 Å². The molecule has 1 heterocycles. The molecule has 28 heavy (non-hydrogen) atoms. The van der Waals surface area contributed by atoms with Crippen molar-refractivity contribution in [3.63, 3.8) is 0 Å². The first-order chi connectivity index (χ1) is 13.5. The number of ether oxygens (including phenoxy) is 1. The molecule has 0 saturated heterocycles. The highest BCUT2D eigenvalue weighted by molar-refractivity contribution is 5.96. The molecular formula is C19H18N6O3. The summed E-state index contributed by atoms with van der Waals surface area (Å²) in [4.78, 5) is 27.4. The van der Waals surface area contributed by atoms with Crippen molar-refractivity contribution in [2.24, 2.45) is 0 Å². The highest BCUT2D eigenvalue weighted by Gasteiger charge is 2.12. The topological polar surface area (TPSA) is 118 Å².